The maximum Gasteiger partial charge on any atom is 0.142 e. The van der Waals surface area contributed by atoms with Crippen molar-refractivity contribution in [1.82, 2.24) is 25.0 Å². The van der Waals surface area contributed by atoms with Crippen LogP contribution in [-0.4, -0.2) is 58.3 Å². The second-order valence-corrected chi connectivity index (χ2v) is 14.6. The highest BCUT2D eigenvalue weighted by Gasteiger charge is 2.22. The van der Waals surface area contributed by atoms with Gasteiger partial charge in [0.05, 0.1) is 28.4 Å². The number of rotatable bonds is 12. The molecule has 52 heavy (non-hydrogen) atoms. The molecule has 2 aliphatic rings. The molecule has 2 aromatic heterocycles. The fourth-order valence-electron chi connectivity index (χ4n) is 7.12. The number of nitrogens with zero attached hydrogens (tertiary/aromatic N) is 5. The van der Waals surface area contributed by atoms with Gasteiger partial charge in [-0.3, -0.25) is 15.0 Å². The van der Waals surface area contributed by atoms with Crippen molar-refractivity contribution >= 4 is 23.2 Å². The van der Waals surface area contributed by atoms with Gasteiger partial charge in [0.1, 0.15) is 36.5 Å². The van der Waals surface area contributed by atoms with Crippen LogP contribution in [0.1, 0.15) is 51.9 Å². The SMILES string of the molecule is Cc1c(COc2cc(OCc3cncc(C#N)c3)c(CN3CCc4[nH]ncc4C3)cc2Cl)cccc1-c1cccc(OCC2CCCN(C)C2)c1Cl. The molecule has 11 heteroatoms. The van der Waals surface area contributed by atoms with Crippen LogP contribution in [0.5, 0.6) is 17.2 Å². The van der Waals surface area contributed by atoms with Crippen LogP contribution in [0.4, 0.5) is 0 Å². The largest absolute Gasteiger partial charge is 0.492 e. The lowest BCUT2D eigenvalue weighted by Crippen LogP contribution is -2.34. The van der Waals surface area contributed by atoms with Crippen LogP contribution < -0.4 is 14.2 Å². The van der Waals surface area contributed by atoms with Crippen molar-refractivity contribution in [2.24, 2.45) is 5.92 Å². The molecule has 1 atom stereocenters. The van der Waals surface area contributed by atoms with Crippen LogP contribution in [0.15, 0.2) is 73.2 Å². The van der Waals surface area contributed by atoms with Gasteiger partial charge < -0.3 is 19.1 Å². The first-order valence-corrected chi connectivity index (χ1v) is 18.4. The van der Waals surface area contributed by atoms with Crippen molar-refractivity contribution in [2.75, 3.05) is 33.3 Å². The zero-order valence-electron chi connectivity index (χ0n) is 29.5. The van der Waals surface area contributed by atoms with Gasteiger partial charge in [-0.05, 0) is 68.2 Å². The summed E-state index contributed by atoms with van der Waals surface area (Å²) in [5.41, 5.74) is 8.63. The first kappa shape index (κ1) is 35.8. The quantitative estimate of drug-likeness (QED) is 0.136. The Kier molecular flexibility index (Phi) is 11.3. The summed E-state index contributed by atoms with van der Waals surface area (Å²) >= 11 is 13.9. The number of piperidine rings is 1. The summed E-state index contributed by atoms with van der Waals surface area (Å²) in [4.78, 5) is 8.90. The Morgan fingerprint density at radius 2 is 1.77 bits per heavy atom. The Labute approximate surface area is 315 Å². The number of pyridine rings is 1. The van der Waals surface area contributed by atoms with E-state index < -0.39 is 0 Å². The third kappa shape index (κ3) is 8.38. The van der Waals surface area contributed by atoms with Crippen LogP contribution in [0, 0.1) is 24.2 Å². The molecule has 5 aromatic rings. The monoisotopic (exact) mass is 736 g/mol. The number of ether oxygens (including phenoxy) is 3. The van der Waals surface area contributed by atoms with E-state index in [1.165, 1.54) is 30.3 Å². The topological polar surface area (TPSA) is 99.5 Å². The smallest absolute Gasteiger partial charge is 0.142 e. The Bertz CT molecular complexity index is 2080. The minimum Gasteiger partial charge on any atom is -0.492 e. The first-order valence-electron chi connectivity index (χ1n) is 17.7. The summed E-state index contributed by atoms with van der Waals surface area (Å²) in [5, 5.41) is 17.8. The molecular weight excluding hydrogens is 695 g/mol. The van der Waals surface area contributed by atoms with Crippen LogP contribution in [0.25, 0.3) is 11.1 Å². The van der Waals surface area contributed by atoms with E-state index in [0.29, 0.717) is 58.5 Å². The second-order valence-electron chi connectivity index (χ2n) is 13.8. The minimum absolute atomic E-state index is 0.241. The fourth-order valence-corrected chi connectivity index (χ4v) is 7.65. The molecule has 1 saturated heterocycles. The van der Waals surface area contributed by atoms with Gasteiger partial charge in [-0.15, -0.1) is 0 Å². The fraction of sp³-hybridized carbons (Fsp3) is 0.341. The molecule has 0 amide bonds. The lowest BCUT2D eigenvalue weighted by molar-refractivity contribution is 0.150. The van der Waals surface area contributed by atoms with E-state index in [4.69, 9.17) is 37.4 Å². The Morgan fingerprint density at radius 1 is 0.923 bits per heavy atom. The van der Waals surface area contributed by atoms with Crippen molar-refractivity contribution in [1.29, 1.82) is 5.26 Å². The van der Waals surface area contributed by atoms with Gasteiger partial charge in [-0.2, -0.15) is 10.4 Å². The van der Waals surface area contributed by atoms with Gasteiger partial charge in [-0.1, -0.05) is 53.5 Å². The van der Waals surface area contributed by atoms with E-state index in [9.17, 15) is 5.26 Å². The maximum absolute atomic E-state index is 9.36. The number of fused-ring (bicyclic) bond motifs is 1. The number of nitriles is 1. The third-order valence-electron chi connectivity index (χ3n) is 9.99. The number of hydrogen-bond donors (Lipinski definition) is 1. The Hall–Kier alpha value is -4.59. The minimum atomic E-state index is 0.241. The molecule has 2 aliphatic heterocycles. The number of benzene rings is 3. The lowest BCUT2D eigenvalue weighted by atomic mass is 9.96. The van der Waals surface area contributed by atoms with Crippen LogP contribution in [0.2, 0.25) is 10.0 Å². The van der Waals surface area contributed by atoms with Gasteiger partial charge in [0.15, 0.2) is 0 Å². The number of aromatic amines is 1. The van der Waals surface area contributed by atoms with Crippen molar-refractivity contribution in [3.05, 3.63) is 122 Å². The number of likely N-dealkylation sites (tertiary alicyclic amines) is 1. The normalized spacial score (nSPS) is 16.2. The zero-order valence-corrected chi connectivity index (χ0v) is 31.0. The molecule has 7 rings (SSSR count). The predicted octanol–water partition coefficient (Wildman–Crippen LogP) is 8.40. The molecule has 268 valence electrons. The molecule has 0 aliphatic carbocycles. The second kappa shape index (κ2) is 16.4. The van der Waals surface area contributed by atoms with Gasteiger partial charge in [0.2, 0.25) is 0 Å². The Morgan fingerprint density at radius 3 is 2.63 bits per heavy atom. The van der Waals surface area contributed by atoms with Gasteiger partial charge >= 0.3 is 0 Å². The van der Waals surface area contributed by atoms with Crippen molar-refractivity contribution < 1.29 is 14.2 Å². The summed E-state index contributed by atoms with van der Waals surface area (Å²) < 4.78 is 19.1. The molecule has 9 nitrogen and oxygen atoms in total. The molecule has 1 fully saturated rings. The summed E-state index contributed by atoms with van der Waals surface area (Å²) in [6.45, 7) is 7.75. The van der Waals surface area contributed by atoms with Crippen LogP contribution >= 0.6 is 23.2 Å². The van der Waals surface area contributed by atoms with E-state index in [2.05, 4.69) is 57.2 Å². The van der Waals surface area contributed by atoms with Crippen LogP contribution in [0.3, 0.4) is 0 Å². The van der Waals surface area contributed by atoms with E-state index >= 15 is 0 Å². The van der Waals surface area contributed by atoms with E-state index in [1.807, 2.05) is 42.6 Å². The summed E-state index contributed by atoms with van der Waals surface area (Å²) in [5.74, 6) is 2.38. The van der Waals surface area contributed by atoms with E-state index in [0.717, 1.165) is 66.0 Å². The molecular formula is C41H42Cl2N6O3. The molecule has 1 unspecified atom stereocenters. The van der Waals surface area contributed by atoms with Gasteiger partial charge in [-0.25, -0.2) is 0 Å². The molecule has 0 saturated carbocycles. The molecule has 0 radical (unpaired) electrons. The van der Waals surface area contributed by atoms with Crippen molar-refractivity contribution in [2.45, 2.75) is 52.5 Å². The molecule has 0 spiro atoms. The maximum atomic E-state index is 9.36. The Balaban J connectivity index is 1.09. The van der Waals surface area contributed by atoms with E-state index in [1.54, 1.807) is 12.3 Å². The number of hydrogen-bond acceptors (Lipinski definition) is 8. The highest BCUT2D eigenvalue weighted by Crippen LogP contribution is 2.39. The zero-order chi connectivity index (χ0) is 36.0. The average molecular weight is 738 g/mol. The average Bonchev–Trinajstić information content (AvgIpc) is 3.63. The van der Waals surface area contributed by atoms with Crippen LogP contribution in [-0.2, 0) is 32.7 Å². The standard InChI is InChI=1S/C41H42Cl2N6O3/c1-27-31(7-3-8-34(27)35-9-4-10-38(41(35)43)50-24-28-6-5-12-48(2)21-28)26-52-40-16-39(51-25-30-14-29(17-44)18-45-19-30)32(15-36(40)42)22-49-13-11-37-33(23-49)20-46-47-37/h3-4,7-10,14-16,18-20,28H,5-6,11-13,21-26H2,1-2H3,(H,46,47). The highest BCUT2D eigenvalue weighted by atomic mass is 35.5. The first-order chi connectivity index (χ1) is 25.3. The summed E-state index contributed by atoms with van der Waals surface area (Å²) in [7, 11) is 2.17. The number of halogens is 2. The number of nitrogens with one attached hydrogen (secondary N) is 1. The third-order valence-corrected chi connectivity index (χ3v) is 10.7. The number of aromatic nitrogens is 3. The molecule has 4 heterocycles. The number of H-pyrrole nitrogens is 1. The summed E-state index contributed by atoms with van der Waals surface area (Å²) in [6.07, 6.45) is 8.39. The molecule has 3 aromatic carbocycles. The lowest BCUT2D eigenvalue weighted by Gasteiger charge is -2.29. The van der Waals surface area contributed by atoms with E-state index in [-0.39, 0.29) is 6.61 Å². The van der Waals surface area contributed by atoms with Crippen molar-refractivity contribution in [3.8, 4) is 34.4 Å². The van der Waals surface area contributed by atoms with Gasteiger partial charge in [0.25, 0.3) is 0 Å². The highest BCUT2D eigenvalue weighted by molar-refractivity contribution is 6.35. The predicted molar refractivity (Wildman–Crippen MR) is 203 cm³/mol. The summed E-state index contributed by atoms with van der Waals surface area (Å²) in [6, 6.07) is 19.9. The molecule has 0 bridgehead atoms. The van der Waals surface area contributed by atoms with Gasteiger partial charge in [0, 0.05) is 84.9 Å². The molecule has 1 N–H and O–H groups in total. The van der Waals surface area contributed by atoms with Crippen molar-refractivity contribution in [3.63, 3.8) is 0 Å².